The molecule has 0 aromatic heterocycles. The fourth-order valence-electron chi connectivity index (χ4n) is 2.77. The van der Waals surface area contributed by atoms with Crippen LogP contribution in [0.15, 0.2) is 0 Å². The Morgan fingerprint density at radius 2 is 1.72 bits per heavy atom. The van der Waals surface area contributed by atoms with Crippen LogP contribution < -0.4 is 0 Å². The van der Waals surface area contributed by atoms with E-state index in [0.717, 1.165) is 12.8 Å². The van der Waals surface area contributed by atoms with Gasteiger partial charge in [-0.05, 0) is 38.5 Å². The van der Waals surface area contributed by atoms with E-state index < -0.39 is 10.8 Å². The summed E-state index contributed by atoms with van der Waals surface area (Å²) in [6.07, 6.45) is 3.15. The second-order valence-electron chi connectivity index (χ2n) is 6.56. The van der Waals surface area contributed by atoms with E-state index in [4.69, 9.17) is 4.74 Å². The number of hydrogen-bond acceptors (Lipinski definition) is 3. The molecule has 0 amide bonds. The zero-order chi connectivity index (χ0) is 14.0. The van der Waals surface area contributed by atoms with Gasteiger partial charge in [-0.1, -0.05) is 27.7 Å². The van der Waals surface area contributed by atoms with Crippen molar-refractivity contribution in [3.63, 3.8) is 0 Å². The van der Waals surface area contributed by atoms with Gasteiger partial charge < -0.3 is 4.74 Å². The van der Waals surface area contributed by atoms with Crippen LogP contribution in [0.1, 0.15) is 60.3 Å². The van der Waals surface area contributed by atoms with Crippen molar-refractivity contribution >= 4 is 11.8 Å². The van der Waals surface area contributed by atoms with Crippen molar-refractivity contribution in [3.8, 4) is 0 Å². The maximum Gasteiger partial charge on any atom is 0.319 e. The predicted octanol–water partition coefficient (Wildman–Crippen LogP) is 3.36. The average molecular weight is 254 g/mol. The van der Waals surface area contributed by atoms with Crippen molar-refractivity contribution in [1.82, 2.24) is 0 Å². The van der Waals surface area contributed by atoms with Crippen molar-refractivity contribution in [3.05, 3.63) is 0 Å². The van der Waals surface area contributed by atoms with Gasteiger partial charge >= 0.3 is 5.97 Å². The molecule has 0 aromatic carbocycles. The number of ketones is 1. The first-order valence-electron chi connectivity index (χ1n) is 6.96. The molecule has 1 aliphatic rings. The van der Waals surface area contributed by atoms with Crippen molar-refractivity contribution in [2.45, 2.75) is 60.3 Å². The molecule has 3 nitrogen and oxygen atoms in total. The molecule has 0 atom stereocenters. The maximum atomic E-state index is 12.7. The quantitative estimate of drug-likeness (QED) is 0.573. The first-order valence-corrected chi connectivity index (χ1v) is 6.96. The molecular formula is C15H26O3. The summed E-state index contributed by atoms with van der Waals surface area (Å²) in [5, 5.41) is 0. The Balaban J connectivity index is 3.02. The van der Waals surface area contributed by atoms with Gasteiger partial charge in [0.15, 0.2) is 5.78 Å². The van der Waals surface area contributed by atoms with E-state index in [1.165, 1.54) is 0 Å². The predicted molar refractivity (Wildman–Crippen MR) is 71.2 cm³/mol. The van der Waals surface area contributed by atoms with Crippen LogP contribution in [0.25, 0.3) is 0 Å². The van der Waals surface area contributed by atoms with Crippen molar-refractivity contribution in [2.75, 3.05) is 6.61 Å². The van der Waals surface area contributed by atoms with Gasteiger partial charge in [0.2, 0.25) is 0 Å². The molecule has 1 fully saturated rings. The van der Waals surface area contributed by atoms with Crippen molar-refractivity contribution < 1.29 is 14.3 Å². The number of Topliss-reactive ketones (excluding diaryl/α,β-unsaturated/α-hetero) is 1. The molecule has 0 aliphatic heterocycles. The van der Waals surface area contributed by atoms with Crippen LogP contribution >= 0.6 is 0 Å². The number of carbonyl (C=O) groups is 2. The Kier molecular flexibility index (Phi) is 4.57. The van der Waals surface area contributed by atoms with Crippen molar-refractivity contribution in [1.29, 1.82) is 0 Å². The molecule has 1 aliphatic carbocycles. The molecule has 18 heavy (non-hydrogen) atoms. The van der Waals surface area contributed by atoms with E-state index in [2.05, 4.69) is 6.92 Å². The second kappa shape index (κ2) is 5.41. The fraction of sp³-hybridized carbons (Fsp3) is 0.867. The highest BCUT2D eigenvalue weighted by atomic mass is 16.5. The van der Waals surface area contributed by atoms with Gasteiger partial charge in [0.25, 0.3) is 0 Å². The third-order valence-electron chi connectivity index (χ3n) is 3.91. The molecule has 0 radical (unpaired) electrons. The molecule has 1 saturated carbocycles. The lowest BCUT2D eigenvalue weighted by Gasteiger charge is -2.39. The van der Waals surface area contributed by atoms with E-state index in [0.29, 0.717) is 25.4 Å². The smallest absolute Gasteiger partial charge is 0.319 e. The molecule has 104 valence electrons. The molecule has 0 unspecified atom stereocenters. The summed E-state index contributed by atoms with van der Waals surface area (Å²) in [5.41, 5.74) is -1.38. The summed E-state index contributed by atoms with van der Waals surface area (Å²) in [4.78, 5) is 24.9. The van der Waals surface area contributed by atoms with Gasteiger partial charge in [-0.25, -0.2) is 0 Å². The summed E-state index contributed by atoms with van der Waals surface area (Å²) in [5.74, 6) is 0.331. The van der Waals surface area contributed by atoms with Gasteiger partial charge in [0, 0.05) is 5.41 Å². The topological polar surface area (TPSA) is 43.4 Å². The summed E-state index contributed by atoms with van der Waals surface area (Å²) in [7, 11) is 0. The molecular weight excluding hydrogens is 228 g/mol. The van der Waals surface area contributed by atoms with Crippen LogP contribution in [0.3, 0.4) is 0 Å². The minimum Gasteiger partial charge on any atom is -0.465 e. The zero-order valence-corrected chi connectivity index (χ0v) is 12.3. The molecule has 0 heterocycles. The van der Waals surface area contributed by atoms with Crippen LogP contribution in [-0.2, 0) is 14.3 Å². The number of hydrogen-bond donors (Lipinski definition) is 0. The largest absolute Gasteiger partial charge is 0.465 e. The van der Waals surface area contributed by atoms with Crippen LogP contribution in [-0.4, -0.2) is 18.4 Å². The maximum absolute atomic E-state index is 12.7. The third-order valence-corrected chi connectivity index (χ3v) is 3.91. The monoisotopic (exact) mass is 254 g/mol. The molecule has 3 heteroatoms. The first-order chi connectivity index (χ1) is 8.24. The molecule has 0 saturated heterocycles. The lowest BCUT2D eigenvalue weighted by molar-refractivity contribution is -0.166. The van der Waals surface area contributed by atoms with Crippen LogP contribution in [0.5, 0.6) is 0 Å². The normalized spacial score (nSPS) is 28.8. The van der Waals surface area contributed by atoms with Gasteiger partial charge in [-0.15, -0.1) is 0 Å². The van der Waals surface area contributed by atoms with Crippen LogP contribution in [0, 0.1) is 16.7 Å². The Labute approximate surface area is 110 Å². The minimum absolute atomic E-state index is 0.0420. The Hall–Kier alpha value is -0.860. The third kappa shape index (κ3) is 2.93. The van der Waals surface area contributed by atoms with Gasteiger partial charge in [-0.3, -0.25) is 9.59 Å². The van der Waals surface area contributed by atoms with Crippen LogP contribution in [0.4, 0.5) is 0 Å². The minimum atomic E-state index is -0.888. The molecule has 0 aromatic rings. The number of esters is 1. The highest BCUT2D eigenvalue weighted by Crippen LogP contribution is 2.44. The zero-order valence-electron chi connectivity index (χ0n) is 12.3. The standard InChI is InChI=1S/C15H26O3/c1-6-18-13(17)15(12(16)14(3,4)5)9-7-11(2)8-10-15/h11H,6-10H2,1-5H3. The molecule has 1 rings (SSSR count). The summed E-state index contributed by atoms with van der Waals surface area (Å²) < 4.78 is 5.18. The number of ether oxygens (including phenoxy) is 1. The highest BCUT2D eigenvalue weighted by Gasteiger charge is 2.51. The van der Waals surface area contributed by atoms with Gasteiger partial charge in [0.05, 0.1) is 6.61 Å². The fourth-order valence-corrected chi connectivity index (χ4v) is 2.77. The number of rotatable bonds is 3. The van der Waals surface area contributed by atoms with E-state index in [1.54, 1.807) is 6.92 Å². The lowest BCUT2D eigenvalue weighted by Crippen LogP contribution is -2.48. The van der Waals surface area contributed by atoms with E-state index >= 15 is 0 Å². The second-order valence-corrected chi connectivity index (χ2v) is 6.56. The molecule has 0 bridgehead atoms. The first kappa shape index (κ1) is 15.2. The van der Waals surface area contributed by atoms with Crippen molar-refractivity contribution in [2.24, 2.45) is 16.7 Å². The number of carbonyl (C=O) groups excluding carboxylic acids is 2. The average Bonchev–Trinajstić information content (AvgIpc) is 2.28. The Morgan fingerprint density at radius 1 is 1.22 bits per heavy atom. The van der Waals surface area contributed by atoms with Gasteiger partial charge in [-0.2, -0.15) is 0 Å². The van der Waals surface area contributed by atoms with Crippen LogP contribution in [0.2, 0.25) is 0 Å². The van der Waals surface area contributed by atoms with E-state index in [1.807, 2.05) is 20.8 Å². The van der Waals surface area contributed by atoms with E-state index in [9.17, 15) is 9.59 Å². The highest BCUT2D eigenvalue weighted by molar-refractivity contribution is 6.06. The SMILES string of the molecule is CCOC(=O)C1(C(=O)C(C)(C)C)CCC(C)CC1. The van der Waals surface area contributed by atoms with Gasteiger partial charge in [0.1, 0.15) is 5.41 Å². The van der Waals surface area contributed by atoms with E-state index in [-0.39, 0.29) is 11.8 Å². The molecule has 0 N–H and O–H groups in total. The summed E-state index contributed by atoms with van der Waals surface area (Å²) in [6.45, 7) is 9.96. The molecule has 0 spiro atoms. The Morgan fingerprint density at radius 3 is 2.11 bits per heavy atom. The Bertz CT molecular complexity index is 317. The lowest BCUT2D eigenvalue weighted by atomic mass is 9.63. The summed E-state index contributed by atoms with van der Waals surface area (Å²) in [6, 6.07) is 0. The summed E-state index contributed by atoms with van der Waals surface area (Å²) >= 11 is 0.